The molecule has 0 saturated heterocycles. The average Bonchev–Trinajstić information content (AvgIpc) is 3.17. The van der Waals surface area contributed by atoms with E-state index in [1.54, 1.807) is 12.1 Å². The number of amides is 1. The number of aromatic nitrogens is 1. The minimum absolute atomic E-state index is 0.140. The van der Waals surface area contributed by atoms with E-state index in [1.807, 2.05) is 14.1 Å². The topological polar surface area (TPSA) is 48.1 Å². The Morgan fingerprint density at radius 2 is 2.19 bits per heavy atom. The third-order valence-corrected chi connectivity index (χ3v) is 4.13. The Labute approximate surface area is 123 Å². The van der Waals surface area contributed by atoms with Crippen molar-refractivity contribution in [3.05, 3.63) is 35.8 Å². The zero-order chi connectivity index (χ0) is 15.0. The number of fused-ring (bicyclic) bond motifs is 1. The molecule has 1 aromatic carbocycles. The van der Waals surface area contributed by atoms with E-state index in [9.17, 15) is 9.18 Å². The SMILES string of the molecule is CN(C)C(CNC(=O)c1cc2cc(F)ccc2[nH]1)C1CC1. The van der Waals surface area contributed by atoms with E-state index < -0.39 is 0 Å². The van der Waals surface area contributed by atoms with Crippen molar-refractivity contribution in [1.82, 2.24) is 15.2 Å². The number of carbonyl (C=O) groups excluding carboxylic acids is 1. The number of hydrogen-bond acceptors (Lipinski definition) is 2. The summed E-state index contributed by atoms with van der Waals surface area (Å²) in [6.45, 7) is 0.639. The van der Waals surface area contributed by atoms with Crippen molar-refractivity contribution in [3.63, 3.8) is 0 Å². The van der Waals surface area contributed by atoms with Crippen molar-refractivity contribution < 1.29 is 9.18 Å². The molecule has 1 heterocycles. The highest BCUT2D eigenvalue weighted by atomic mass is 19.1. The first-order valence-electron chi connectivity index (χ1n) is 7.27. The number of nitrogens with zero attached hydrogens (tertiary/aromatic N) is 1. The minimum Gasteiger partial charge on any atom is -0.351 e. The van der Waals surface area contributed by atoms with Gasteiger partial charge in [-0.2, -0.15) is 0 Å². The van der Waals surface area contributed by atoms with Crippen LogP contribution < -0.4 is 5.32 Å². The molecule has 2 aromatic rings. The number of halogens is 1. The standard InChI is InChI=1S/C16H20FN3O/c1-20(2)15(10-3-4-10)9-18-16(21)14-8-11-7-12(17)5-6-13(11)19-14/h5-8,10,15,19H,3-4,9H2,1-2H3,(H,18,21). The van der Waals surface area contributed by atoms with Crippen molar-refractivity contribution >= 4 is 16.8 Å². The van der Waals surface area contributed by atoms with Crippen LogP contribution in [0.25, 0.3) is 10.9 Å². The van der Waals surface area contributed by atoms with E-state index in [0.717, 1.165) is 5.52 Å². The molecule has 3 rings (SSSR count). The molecule has 21 heavy (non-hydrogen) atoms. The van der Waals surface area contributed by atoms with Crippen LogP contribution in [0.1, 0.15) is 23.3 Å². The first-order valence-corrected chi connectivity index (χ1v) is 7.27. The second kappa shape index (κ2) is 5.48. The van der Waals surface area contributed by atoms with Gasteiger partial charge in [-0.25, -0.2) is 4.39 Å². The fourth-order valence-electron chi connectivity index (χ4n) is 2.77. The van der Waals surface area contributed by atoms with Crippen LogP contribution in [-0.2, 0) is 0 Å². The van der Waals surface area contributed by atoms with E-state index >= 15 is 0 Å². The Kier molecular flexibility index (Phi) is 3.68. The van der Waals surface area contributed by atoms with Crippen LogP contribution in [0.2, 0.25) is 0 Å². The molecule has 1 saturated carbocycles. The Hall–Kier alpha value is -1.88. The number of likely N-dealkylation sites (N-methyl/N-ethyl adjacent to an activating group) is 1. The normalized spacial score (nSPS) is 16.4. The number of nitrogens with one attached hydrogen (secondary N) is 2. The summed E-state index contributed by atoms with van der Waals surface area (Å²) in [4.78, 5) is 17.4. The number of rotatable bonds is 5. The number of aromatic amines is 1. The van der Waals surface area contributed by atoms with Gasteiger partial charge < -0.3 is 15.2 Å². The van der Waals surface area contributed by atoms with Crippen LogP contribution in [0.3, 0.4) is 0 Å². The molecule has 0 aliphatic heterocycles. The molecule has 1 unspecified atom stereocenters. The number of H-pyrrole nitrogens is 1. The summed E-state index contributed by atoms with van der Waals surface area (Å²) in [7, 11) is 4.09. The van der Waals surface area contributed by atoms with Gasteiger partial charge in [-0.1, -0.05) is 0 Å². The fraction of sp³-hybridized carbons (Fsp3) is 0.438. The first-order chi connectivity index (χ1) is 10.0. The zero-order valence-corrected chi connectivity index (χ0v) is 12.3. The molecule has 1 amide bonds. The fourth-order valence-corrected chi connectivity index (χ4v) is 2.77. The maximum absolute atomic E-state index is 13.2. The van der Waals surface area contributed by atoms with Gasteiger partial charge in [0.25, 0.3) is 5.91 Å². The second-order valence-electron chi connectivity index (χ2n) is 5.99. The van der Waals surface area contributed by atoms with Gasteiger partial charge in [0.05, 0.1) is 0 Å². The molecule has 5 heteroatoms. The molecule has 1 aliphatic carbocycles. The number of carbonyl (C=O) groups is 1. The minimum atomic E-state index is -0.296. The first kappa shape index (κ1) is 14.1. The predicted octanol–water partition coefficient (Wildman–Crippen LogP) is 2.38. The van der Waals surface area contributed by atoms with Crippen LogP contribution >= 0.6 is 0 Å². The molecule has 1 aromatic heterocycles. The zero-order valence-electron chi connectivity index (χ0n) is 12.3. The van der Waals surface area contributed by atoms with E-state index in [4.69, 9.17) is 0 Å². The van der Waals surface area contributed by atoms with Gasteiger partial charge >= 0.3 is 0 Å². The van der Waals surface area contributed by atoms with Gasteiger partial charge in [0.1, 0.15) is 11.5 Å². The van der Waals surface area contributed by atoms with Crippen LogP contribution in [0.4, 0.5) is 4.39 Å². The van der Waals surface area contributed by atoms with E-state index in [1.165, 1.54) is 25.0 Å². The van der Waals surface area contributed by atoms with Crippen LogP contribution in [-0.4, -0.2) is 42.5 Å². The highest BCUT2D eigenvalue weighted by Gasteiger charge is 2.32. The molecule has 1 fully saturated rings. The highest BCUT2D eigenvalue weighted by molar-refractivity contribution is 5.98. The van der Waals surface area contributed by atoms with E-state index in [0.29, 0.717) is 29.6 Å². The summed E-state index contributed by atoms with van der Waals surface area (Å²) in [5.74, 6) is 0.256. The van der Waals surface area contributed by atoms with Crippen molar-refractivity contribution in [3.8, 4) is 0 Å². The molecule has 0 radical (unpaired) electrons. The van der Waals surface area contributed by atoms with Crippen LogP contribution in [0.5, 0.6) is 0 Å². The Bertz CT molecular complexity index is 659. The summed E-state index contributed by atoms with van der Waals surface area (Å²) in [5.41, 5.74) is 1.25. The monoisotopic (exact) mass is 289 g/mol. The van der Waals surface area contributed by atoms with Crippen molar-refractivity contribution in [2.24, 2.45) is 5.92 Å². The van der Waals surface area contributed by atoms with Gasteiger partial charge in [-0.3, -0.25) is 4.79 Å². The molecule has 0 spiro atoms. The van der Waals surface area contributed by atoms with Crippen LogP contribution in [0, 0.1) is 11.7 Å². The van der Waals surface area contributed by atoms with Crippen LogP contribution in [0.15, 0.2) is 24.3 Å². The molecule has 1 aliphatic rings. The third-order valence-electron chi connectivity index (χ3n) is 4.13. The molecule has 4 nitrogen and oxygen atoms in total. The number of benzene rings is 1. The lowest BCUT2D eigenvalue weighted by Gasteiger charge is -2.24. The van der Waals surface area contributed by atoms with Crippen molar-refractivity contribution in [1.29, 1.82) is 0 Å². The summed E-state index contributed by atoms with van der Waals surface area (Å²) in [6, 6.07) is 6.53. The van der Waals surface area contributed by atoms with Gasteiger partial charge in [0.2, 0.25) is 0 Å². The highest BCUT2D eigenvalue weighted by Crippen LogP contribution is 2.34. The summed E-state index contributed by atoms with van der Waals surface area (Å²) < 4.78 is 13.2. The summed E-state index contributed by atoms with van der Waals surface area (Å²) in [5, 5.41) is 3.69. The second-order valence-corrected chi connectivity index (χ2v) is 5.99. The lowest BCUT2D eigenvalue weighted by atomic mass is 10.1. The van der Waals surface area contributed by atoms with Gasteiger partial charge in [0.15, 0.2) is 0 Å². The Balaban J connectivity index is 1.68. The summed E-state index contributed by atoms with van der Waals surface area (Å²) >= 11 is 0. The summed E-state index contributed by atoms with van der Waals surface area (Å²) in [6.07, 6.45) is 2.48. The molecular weight excluding hydrogens is 269 g/mol. The van der Waals surface area contributed by atoms with E-state index in [2.05, 4.69) is 15.2 Å². The average molecular weight is 289 g/mol. The largest absolute Gasteiger partial charge is 0.351 e. The molecule has 0 bridgehead atoms. The smallest absolute Gasteiger partial charge is 0.267 e. The van der Waals surface area contributed by atoms with Crippen molar-refractivity contribution in [2.45, 2.75) is 18.9 Å². The maximum Gasteiger partial charge on any atom is 0.267 e. The number of hydrogen-bond donors (Lipinski definition) is 2. The maximum atomic E-state index is 13.2. The Morgan fingerprint density at radius 1 is 1.43 bits per heavy atom. The van der Waals surface area contributed by atoms with Gasteiger partial charge in [0, 0.05) is 23.5 Å². The van der Waals surface area contributed by atoms with E-state index in [-0.39, 0.29) is 11.7 Å². The van der Waals surface area contributed by atoms with Gasteiger partial charge in [-0.05, 0) is 57.1 Å². The lowest BCUT2D eigenvalue weighted by molar-refractivity contribution is 0.0934. The quantitative estimate of drug-likeness (QED) is 0.888. The third kappa shape index (κ3) is 3.08. The predicted molar refractivity (Wildman–Crippen MR) is 80.8 cm³/mol. The molecule has 2 N–H and O–H groups in total. The van der Waals surface area contributed by atoms with Crippen molar-refractivity contribution in [2.75, 3.05) is 20.6 Å². The molecule has 112 valence electrons. The Morgan fingerprint density at radius 3 is 2.86 bits per heavy atom. The lowest BCUT2D eigenvalue weighted by Crippen LogP contribution is -2.41. The molecule has 1 atom stereocenters. The molecular formula is C16H20FN3O. The van der Waals surface area contributed by atoms with Gasteiger partial charge in [-0.15, -0.1) is 0 Å².